The van der Waals surface area contributed by atoms with Crippen molar-refractivity contribution < 1.29 is 20.1 Å². The van der Waals surface area contributed by atoms with Crippen LogP contribution in [-0.2, 0) is 4.79 Å². The van der Waals surface area contributed by atoms with E-state index in [9.17, 15) is 20.1 Å². The normalized spacial score (nSPS) is 13.8. The van der Waals surface area contributed by atoms with E-state index in [0.29, 0.717) is 12.8 Å². The van der Waals surface area contributed by atoms with Crippen LogP contribution in [0.15, 0.2) is 24.3 Å². The fourth-order valence-corrected chi connectivity index (χ4v) is 6.80. The van der Waals surface area contributed by atoms with Crippen molar-refractivity contribution in [2.45, 2.75) is 250 Å². The molecule has 4 N–H and O–H groups in total. The molecular weight excluding hydrogens is 618 g/mol. The molecule has 0 aromatic heterocycles. The van der Waals surface area contributed by atoms with Gasteiger partial charge in [-0.15, -0.1) is 0 Å². The van der Waals surface area contributed by atoms with Gasteiger partial charge in [0.25, 0.3) is 0 Å². The first-order valence-corrected chi connectivity index (χ1v) is 22.1. The van der Waals surface area contributed by atoms with Gasteiger partial charge in [0.1, 0.15) is 6.10 Å². The van der Waals surface area contributed by atoms with Gasteiger partial charge in [0.05, 0.1) is 18.8 Å². The van der Waals surface area contributed by atoms with Gasteiger partial charge in [-0.3, -0.25) is 4.79 Å². The lowest BCUT2D eigenvalue weighted by molar-refractivity contribution is -0.124. The first kappa shape index (κ1) is 48.8. The van der Waals surface area contributed by atoms with Crippen molar-refractivity contribution in [1.82, 2.24) is 5.32 Å². The van der Waals surface area contributed by atoms with Crippen LogP contribution < -0.4 is 5.32 Å². The molecule has 1 amide bonds. The molecule has 0 fully saturated rings. The van der Waals surface area contributed by atoms with Gasteiger partial charge in [-0.1, -0.05) is 186 Å². The molecule has 0 radical (unpaired) electrons. The van der Waals surface area contributed by atoms with Gasteiger partial charge < -0.3 is 20.6 Å². The van der Waals surface area contributed by atoms with Crippen molar-refractivity contribution in [2.75, 3.05) is 6.61 Å². The zero-order chi connectivity index (χ0) is 36.6. The van der Waals surface area contributed by atoms with E-state index in [1.165, 1.54) is 161 Å². The molecule has 296 valence electrons. The molecule has 5 heteroatoms. The van der Waals surface area contributed by atoms with Crippen LogP contribution in [0.1, 0.15) is 232 Å². The molecular formula is C45H87NO4. The standard InChI is InChI=1S/C45H87NO4/c1-3-5-7-9-11-13-15-17-19-21-23-25-27-29-31-33-35-37-39-43(48)45(50)42(41-47)46-44(49)40-38-36-34-32-30-28-26-24-22-20-18-16-14-12-10-8-6-4-2/h24,26,31,33,42-43,45,47-48,50H,3-23,25,27-30,32,34-41H2,1-2H3,(H,46,49)/b26-24-,33-31+. The lowest BCUT2D eigenvalue weighted by atomic mass is 10.0. The summed E-state index contributed by atoms with van der Waals surface area (Å²) >= 11 is 0. The number of aliphatic hydroxyl groups is 3. The molecule has 0 spiro atoms. The van der Waals surface area contributed by atoms with Crippen molar-refractivity contribution in [3.8, 4) is 0 Å². The number of hydrogen-bond acceptors (Lipinski definition) is 4. The second kappa shape index (κ2) is 40.6. The maximum atomic E-state index is 12.4. The van der Waals surface area contributed by atoms with Crippen LogP contribution in [0.2, 0.25) is 0 Å². The Morgan fingerprint density at radius 3 is 1.16 bits per heavy atom. The molecule has 0 bridgehead atoms. The van der Waals surface area contributed by atoms with Crippen LogP contribution in [0.5, 0.6) is 0 Å². The van der Waals surface area contributed by atoms with Crippen molar-refractivity contribution in [3.05, 3.63) is 24.3 Å². The van der Waals surface area contributed by atoms with E-state index in [0.717, 1.165) is 44.9 Å². The molecule has 0 saturated carbocycles. The largest absolute Gasteiger partial charge is 0.394 e. The summed E-state index contributed by atoms with van der Waals surface area (Å²) in [6, 6.07) is -0.828. The summed E-state index contributed by atoms with van der Waals surface area (Å²) in [7, 11) is 0. The fraction of sp³-hybridized carbons (Fsp3) is 0.889. The summed E-state index contributed by atoms with van der Waals surface area (Å²) in [5.74, 6) is -0.161. The highest BCUT2D eigenvalue weighted by Crippen LogP contribution is 2.15. The lowest BCUT2D eigenvalue weighted by Gasteiger charge is -2.26. The molecule has 3 unspecified atom stereocenters. The number of unbranched alkanes of at least 4 members (excludes halogenated alkanes) is 28. The van der Waals surface area contributed by atoms with Crippen LogP contribution in [0.3, 0.4) is 0 Å². The first-order chi connectivity index (χ1) is 24.6. The van der Waals surface area contributed by atoms with Gasteiger partial charge in [0.15, 0.2) is 0 Å². The van der Waals surface area contributed by atoms with Gasteiger partial charge in [-0.2, -0.15) is 0 Å². The fourth-order valence-electron chi connectivity index (χ4n) is 6.80. The summed E-state index contributed by atoms with van der Waals surface area (Å²) < 4.78 is 0. The molecule has 0 saturated heterocycles. The molecule has 0 aromatic rings. The van der Waals surface area contributed by atoms with E-state index in [4.69, 9.17) is 0 Å². The number of aliphatic hydroxyl groups excluding tert-OH is 3. The summed E-state index contributed by atoms with van der Waals surface area (Å²) in [5.41, 5.74) is 0. The Bertz CT molecular complexity index is 739. The summed E-state index contributed by atoms with van der Waals surface area (Å²) in [6.07, 6.45) is 48.6. The van der Waals surface area contributed by atoms with Gasteiger partial charge >= 0.3 is 0 Å². The van der Waals surface area contributed by atoms with Crippen LogP contribution in [0, 0.1) is 0 Å². The first-order valence-electron chi connectivity index (χ1n) is 22.1. The predicted molar refractivity (Wildman–Crippen MR) is 218 cm³/mol. The minimum absolute atomic E-state index is 0.161. The maximum Gasteiger partial charge on any atom is 0.220 e. The van der Waals surface area contributed by atoms with Crippen molar-refractivity contribution in [1.29, 1.82) is 0 Å². The minimum atomic E-state index is -1.16. The third-order valence-corrected chi connectivity index (χ3v) is 10.3. The summed E-state index contributed by atoms with van der Waals surface area (Å²) in [6.45, 7) is 4.17. The third kappa shape index (κ3) is 35.2. The summed E-state index contributed by atoms with van der Waals surface area (Å²) in [4.78, 5) is 12.4. The lowest BCUT2D eigenvalue weighted by Crippen LogP contribution is -2.50. The Hall–Kier alpha value is -1.17. The van der Waals surface area contributed by atoms with Gasteiger partial charge in [0, 0.05) is 6.42 Å². The Morgan fingerprint density at radius 1 is 0.480 bits per heavy atom. The predicted octanol–water partition coefficient (Wildman–Crippen LogP) is 12.6. The highest BCUT2D eigenvalue weighted by atomic mass is 16.3. The number of hydrogen-bond donors (Lipinski definition) is 4. The average molecular weight is 706 g/mol. The molecule has 0 aliphatic carbocycles. The van der Waals surface area contributed by atoms with Crippen LogP contribution in [0.25, 0.3) is 0 Å². The summed E-state index contributed by atoms with van der Waals surface area (Å²) in [5, 5.41) is 33.5. The van der Waals surface area contributed by atoms with Crippen molar-refractivity contribution in [3.63, 3.8) is 0 Å². The molecule has 0 heterocycles. The van der Waals surface area contributed by atoms with Gasteiger partial charge in [0.2, 0.25) is 5.91 Å². The number of carbonyl (C=O) groups is 1. The van der Waals surface area contributed by atoms with Crippen molar-refractivity contribution >= 4 is 5.91 Å². The van der Waals surface area contributed by atoms with Crippen LogP contribution >= 0.6 is 0 Å². The van der Waals surface area contributed by atoms with Gasteiger partial charge in [-0.25, -0.2) is 0 Å². The topological polar surface area (TPSA) is 89.8 Å². The molecule has 50 heavy (non-hydrogen) atoms. The Balaban J connectivity index is 3.67. The highest BCUT2D eigenvalue weighted by molar-refractivity contribution is 5.76. The molecule has 5 nitrogen and oxygen atoms in total. The molecule has 0 aromatic carbocycles. The zero-order valence-electron chi connectivity index (χ0n) is 33.5. The number of carbonyl (C=O) groups excluding carboxylic acids is 1. The maximum absolute atomic E-state index is 12.4. The van der Waals surface area contributed by atoms with E-state index in [-0.39, 0.29) is 12.5 Å². The molecule has 0 rings (SSSR count). The van der Waals surface area contributed by atoms with E-state index in [2.05, 4.69) is 43.5 Å². The third-order valence-electron chi connectivity index (χ3n) is 10.3. The SMILES string of the molecule is CCCCCCCCCCC/C=C\CCCCCCCC(=O)NC(CO)C(O)C(O)CCC/C=C/CCCCCCCCCCCCCCC. The number of nitrogens with one attached hydrogen (secondary N) is 1. The molecule has 3 atom stereocenters. The van der Waals surface area contributed by atoms with E-state index in [1.807, 2.05) is 0 Å². The molecule has 0 aliphatic heterocycles. The quantitative estimate of drug-likeness (QED) is 0.0377. The van der Waals surface area contributed by atoms with Crippen LogP contribution in [0.4, 0.5) is 0 Å². The van der Waals surface area contributed by atoms with Gasteiger partial charge in [-0.05, 0) is 64.2 Å². The van der Waals surface area contributed by atoms with E-state index in [1.54, 1.807) is 0 Å². The van der Waals surface area contributed by atoms with E-state index >= 15 is 0 Å². The monoisotopic (exact) mass is 706 g/mol. The van der Waals surface area contributed by atoms with E-state index < -0.39 is 18.2 Å². The molecule has 0 aliphatic rings. The Labute approximate surface area is 312 Å². The second-order valence-corrected chi connectivity index (χ2v) is 15.2. The van der Waals surface area contributed by atoms with Crippen LogP contribution in [-0.4, -0.2) is 46.1 Å². The highest BCUT2D eigenvalue weighted by Gasteiger charge is 2.26. The number of rotatable bonds is 40. The Kier molecular flexibility index (Phi) is 39.6. The Morgan fingerprint density at radius 2 is 0.800 bits per heavy atom. The number of allylic oxidation sites excluding steroid dienone is 4. The number of amides is 1. The smallest absolute Gasteiger partial charge is 0.220 e. The average Bonchev–Trinajstić information content (AvgIpc) is 3.12. The minimum Gasteiger partial charge on any atom is -0.394 e. The van der Waals surface area contributed by atoms with Crippen molar-refractivity contribution in [2.24, 2.45) is 0 Å². The zero-order valence-corrected chi connectivity index (χ0v) is 33.5. The second-order valence-electron chi connectivity index (χ2n) is 15.2.